The van der Waals surface area contributed by atoms with Crippen molar-refractivity contribution >= 4 is 143 Å². The lowest BCUT2D eigenvalue weighted by molar-refractivity contribution is 0.0502. The van der Waals surface area contributed by atoms with E-state index in [0.29, 0.717) is 11.1 Å². The Morgan fingerprint density at radius 3 is 0.837 bits per heavy atom. The maximum Gasteiger partial charge on any atom is 0.263 e. The predicted octanol–water partition coefficient (Wildman–Crippen LogP) is 20.5. The summed E-state index contributed by atoms with van der Waals surface area (Å²) in [5.41, 5.74) is 4.74. The summed E-state index contributed by atoms with van der Waals surface area (Å²) in [5.74, 6) is -0.469. The first kappa shape index (κ1) is 55.3. The van der Waals surface area contributed by atoms with Gasteiger partial charge in [-0.25, -0.2) is 0 Å². The van der Waals surface area contributed by atoms with Gasteiger partial charge in [-0.15, -0.1) is 0 Å². The maximum atomic E-state index is 15.6. The van der Waals surface area contributed by atoms with E-state index in [4.69, 9.17) is 0 Å². The normalized spacial score (nSPS) is 16.0. The number of amides is 4. The van der Waals surface area contributed by atoms with Gasteiger partial charge in [-0.05, 0) is 173 Å². The molecule has 0 unspecified atom stereocenters. The lowest BCUT2D eigenvalue weighted by Crippen LogP contribution is -2.47. The molecule has 4 aliphatic heterocycles. The number of hydrogen-bond acceptors (Lipinski definition) is 6. The van der Waals surface area contributed by atoms with Gasteiger partial charge < -0.3 is 9.80 Å². The quantitative estimate of drug-likeness (QED) is 0.0260. The number of unbranched alkanes of at least 4 members (excludes halogenated alkanes) is 12. The fourth-order valence-electron chi connectivity index (χ4n) is 17.3. The van der Waals surface area contributed by atoms with Gasteiger partial charge in [0.1, 0.15) is 0 Å². The van der Waals surface area contributed by atoms with E-state index in [1.165, 1.54) is 68.8 Å². The van der Waals surface area contributed by atoms with Gasteiger partial charge >= 0.3 is 0 Å². The standard InChI is InChI=1S/C78H84N4O4/c1-5-9-13-17-25-47(26-18-14-10-6-2)81-75(83)59-39-37-55-53-31-29-49-50-30-32-54-56-38-40-60-72-70(56)62(46-64(80-43-23-24-44-80)74(72)78(86)82(76(60)84)48(27-19-15-11-7-3)28-20-16-12-8-4)58-36-34-52(66(50)68(54)58)51-33-35-57(67(53)65(49)51)61-45-63(79-41-21-22-42-79)73(77(81)85)71(59)69(55)61/h29-40,45-48H,5-28,41-44H2,1-4H3. The van der Waals surface area contributed by atoms with Crippen molar-refractivity contribution in [2.45, 2.75) is 194 Å². The third-order valence-electron chi connectivity index (χ3n) is 21.5. The van der Waals surface area contributed by atoms with Gasteiger partial charge in [-0.2, -0.15) is 0 Å². The summed E-state index contributed by atoms with van der Waals surface area (Å²) in [5, 5.41) is 22.5. The molecule has 440 valence electrons. The van der Waals surface area contributed by atoms with Gasteiger partial charge in [0.25, 0.3) is 23.6 Å². The number of carbonyl (C=O) groups excluding carboxylic acids is 4. The van der Waals surface area contributed by atoms with Crippen molar-refractivity contribution in [3.63, 3.8) is 0 Å². The number of nitrogens with zero attached hydrogens (tertiary/aromatic N) is 4. The first-order valence-electron chi connectivity index (χ1n) is 34.0. The molecule has 0 N–H and O–H groups in total. The number of benzene rings is 11. The highest BCUT2D eigenvalue weighted by Gasteiger charge is 2.43. The number of anilines is 2. The molecule has 4 aliphatic rings. The van der Waals surface area contributed by atoms with E-state index < -0.39 is 0 Å². The van der Waals surface area contributed by atoms with Crippen LogP contribution >= 0.6 is 0 Å². The number of hydrogen-bond donors (Lipinski definition) is 0. The molecule has 11 aromatic carbocycles. The molecule has 4 amide bonds. The van der Waals surface area contributed by atoms with Crippen LogP contribution in [-0.2, 0) is 0 Å². The Morgan fingerprint density at radius 1 is 0.302 bits per heavy atom. The van der Waals surface area contributed by atoms with Gasteiger partial charge in [0.15, 0.2) is 0 Å². The molecular formula is C78H84N4O4. The number of carbonyl (C=O) groups is 4. The zero-order valence-corrected chi connectivity index (χ0v) is 51.5. The van der Waals surface area contributed by atoms with Crippen LogP contribution in [0.5, 0.6) is 0 Å². The lowest BCUT2D eigenvalue weighted by Gasteiger charge is -2.37. The van der Waals surface area contributed by atoms with E-state index in [0.717, 1.165) is 242 Å². The average Bonchev–Trinajstić information content (AvgIpc) is 0.805. The minimum absolute atomic E-state index is 0.106. The van der Waals surface area contributed by atoms with Gasteiger partial charge in [-0.3, -0.25) is 29.0 Å². The van der Waals surface area contributed by atoms with Crippen LogP contribution in [0.25, 0.3) is 108 Å². The van der Waals surface area contributed by atoms with Crippen LogP contribution in [0.2, 0.25) is 0 Å². The largest absolute Gasteiger partial charge is 0.371 e. The van der Waals surface area contributed by atoms with E-state index in [9.17, 15) is 0 Å². The molecular weight excluding hydrogens is 1060 g/mol. The van der Waals surface area contributed by atoms with Gasteiger partial charge in [0.2, 0.25) is 0 Å². The molecule has 86 heavy (non-hydrogen) atoms. The second-order valence-corrected chi connectivity index (χ2v) is 26.7. The van der Waals surface area contributed by atoms with E-state index in [1.54, 1.807) is 9.80 Å². The number of rotatable bonds is 24. The minimum Gasteiger partial charge on any atom is -0.371 e. The highest BCUT2D eigenvalue weighted by atomic mass is 16.2. The van der Waals surface area contributed by atoms with Gasteiger partial charge in [-0.1, -0.05) is 191 Å². The first-order chi connectivity index (χ1) is 42.3. The summed E-state index contributed by atoms with van der Waals surface area (Å²) >= 11 is 0. The molecule has 4 heterocycles. The molecule has 0 spiro atoms. The topological polar surface area (TPSA) is 81.2 Å². The fraction of sp³-hybridized carbons (Fsp3) is 0.436. The molecule has 15 rings (SSSR count). The molecule has 0 atom stereocenters. The predicted molar refractivity (Wildman–Crippen MR) is 362 cm³/mol. The average molecular weight is 1140 g/mol. The summed E-state index contributed by atoms with van der Waals surface area (Å²) in [6, 6.07) is 31.7. The molecule has 2 saturated heterocycles. The summed E-state index contributed by atoms with van der Waals surface area (Å²) in [6.45, 7) is 12.5. The first-order valence-corrected chi connectivity index (χ1v) is 34.0. The van der Waals surface area contributed by atoms with E-state index in [2.05, 4.69) is 122 Å². The molecule has 8 nitrogen and oxygen atoms in total. The summed E-state index contributed by atoms with van der Waals surface area (Å²) in [7, 11) is 0. The van der Waals surface area contributed by atoms with Crippen molar-refractivity contribution in [2.75, 3.05) is 36.0 Å². The molecule has 0 radical (unpaired) electrons. The smallest absolute Gasteiger partial charge is 0.263 e. The van der Waals surface area contributed by atoms with Crippen LogP contribution in [0, 0.1) is 0 Å². The van der Waals surface area contributed by atoms with Crippen LogP contribution < -0.4 is 9.80 Å². The van der Waals surface area contributed by atoms with Crippen molar-refractivity contribution in [3.05, 3.63) is 107 Å². The van der Waals surface area contributed by atoms with Crippen LogP contribution in [0.1, 0.15) is 223 Å². The molecule has 0 bridgehead atoms. The zero-order chi connectivity index (χ0) is 58.5. The summed E-state index contributed by atoms with van der Waals surface area (Å²) < 4.78 is 0. The third-order valence-corrected chi connectivity index (χ3v) is 21.5. The van der Waals surface area contributed by atoms with Crippen molar-refractivity contribution in [2.24, 2.45) is 0 Å². The van der Waals surface area contributed by atoms with Gasteiger partial charge in [0.05, 0.1) is 22.5 Å². The summed E-state index contributed by atoms with van der Waals surface area (Å²) in [6.07, 6.45) is 25.5. The minimum atomic E-state index is -0.129. The fourth-order valence-corrected chi connectivity index (χ4v) is 17.3. The second-order valence-electron chi connectivity index (χ2n) is 26.7. The Balaban J connectivity index is 0.917. The number of fused-ring (bicyclic) bond motifs is 6. The second kappa shape index (κ2) is 22.4. The van der Waals surface area contributed by atoms with Crippen molar-refractivity contribution in [3.8, 4) is 0 Å². The maximum absolute atomic E-state index is 15.6. The molecule has 0 saturated carbocycles. The molecule has 11 aromatic rings. The van der Waals surface area contributed by atoms with Crippen molar-refractivity contribution in [1.29, 1.82) is 0 Å². The van der Waals surface area contributed by atoms with Crippen LogP contribution in [0.3, 0.4) is 0 Å². The van der Waals surface area contributed by atoms with Crippen LogP contribution in [-0.4, -0.2) is 71.7 Å². The molecule has 0 aromatic heterocycles. The Kier molecular flexibility index (Phi) is 14.4. The van der Waals surface area contributed by atoms with Crippen molar-refractivity contribution < 1.29 is 19.2 Å². The van der Waals surface area contributed by atoms with E-state index >= 15 is 19.2 Å². The molecule has 0 aliphatic carbocycles. The monoisotopic (exact) mass is 1140 g/mol. The molecule has 8 heteroatoms. The summed E-state index contributed by atoms with van der Waals surface area (Å²) in [4.78, 5) is 70.2. The van der Waals surface area contributed by atoms with Gasteiger partial charge in [0, 0.05) is 60.2 Å². The number of imide groups is 2. The SMILES string of the molecule is CCCCCCC(CCCCCC)N1C(=O)c2ccc3c4ccc5c6ccc7c8ccc9c%10c(c(N%11CCCC%11)cc(c%11ccc(c%12ccc(c%13cc(N%14CCCC%14)c(c2c3%13)C1=O)c4c5%12)c6c7%11)c%108)C(=O)N(C(CCCCCC)CCCCCC)C9=O. The molecule has 2 fully saturated rings. The highest BCUT2D eigenvalue weighted by Crippen LogP contribution is 2.54. The Bertz CT molecular complexity index is 4180. The Hall–Kier alpha value is -7.32. The van der Waals surface area contributed by atoms with Crippen LogP contribution in [0.15, 0.2) is 84.9 Å². The van der Waals surface area contributed by atoms with Crippen LogP contribution in [0.4, 0.5) is 11.4 Å². The van der Waals surface area contributed by atoms with E-state index in [1.807, 2.05) is 0 Å². The van der Waals surface area contributed by atoms with E-state index in [-0.39, 0.29) is 35.7 Å². The zero-order valence-electron chi connectivity index (χ0n) is 51.5. The van der Waals surface area contributed by atoms with Crippen molar-refractivity contribution in [1.82, 2.24) is 9.80 Å². The Labute approximate surface area is 506 Å². The Morgan fingerprint density at radius 2 is 0.558 bits per heavy atom. The third kappa shape index (κ3) is 8.40. The lowest BCUT2D eigenvalue weighted by atomic mass is 9.79. The highest BCUT2D eigenvalue weighted by molar-refractivity contribution is 6.48.